The molecule has 0 fully saturated rings. The number of hydrogen-bond acceptors (Lipinski definition) is 6. The Morgan fingerprint density at radius 2 is 2.39 bits per heavy atom. The molecule has 2 N–H and O–H groups in total. The van der Waals surface area contributed by atoms with Gasteiger partial charge in [0.05, 0.1) is 22.7 Å². The van der Waals surface area contributed by atoms with Crippen LogP contribution in [0.2, 0.25) is 0 Å². The van der Waals surface area contributed by atoms with Crippen LogP contribution in [0.1, 0.15) is 18.0 Å². The monoisotopic (exact) mass is 349 g/mol. The molecular weight excluding hydrogens is 334 g/mol. The standard InChI is InChI=1S/C15H15N3O3S2/c1-8(22-7-11(19)16-2)13-17-14(20)12-9(6-23-15(12)18-13)10-4-3-5-21-10/h3-6,8H,7H2,1-2H3,(H,16,19)(H,17,18,20). The third-order valence-electron chi connectivity index (χ3n) is 3.38. The third-order valence-corrected chi connectivity index (χ3v) is 5.40. The first-order chi connectivity index (χ1) is 11.1. The van der Waals surface area contributed by atoms with E-state index < -0.39 is 0 Å². The highest BCUT2D eigenvalue weighted by Gasteiger charge is 2.17. The van der Waals surface area contributed by atoms with Crippen LogP contribution in [0, 0.1) is 0 Å². The number of hydrogen-bond donors (Lipinski definition) is 2. The number of carbonyl (C=O) groups excluding carboxylic acids is 1. The molecule has 120 valence electrons. The van der Waals surface area contributed by atoms with Gasteiger partial charge < -0.3 is 14.7 Å². The highest BCUT2D eigenvalue weighted by atomic mass is 32.2. The van der Waals surface area contributed by atoms with Crippen molar-refractivity contribution >= 4 is 39.2 Å². The lowest BCUT2D eigenvalue weighted by molar-refractivity contribution is -0.118. The number of furan rings is 1. The second-order valence-electron chi connectivity index (χ2n) is 4.88. The molecule has 23 heavy (non-hydrogen) atoms. The molecule has 6 nitrogen and oxygen atoms in total. The van der Waals surface area contributed by atoms with Gasteiger partial charge in [0.15, 0.2) is 0 Å². The number of nitrogens with one attached hydrogen (secondary N) is 2. The summed E-state index contributed by atoms with van der Waals surface area (Å²) < 4.78 is 5.37. The number of aromatic nitrogens is 2. The maximum atomic E-state index is 12.5. The quantitative estimate of drug-likeness (QED) is 0.739. The van der Waals surface area contributed by atoms with Crippen molar-refractivity contribution in [3.63, 3.8) is 0 Å². The molecule has 3 aromatic heterocycles. The van der Waals surface area contributed by atoms with E-state index in [1.54, 1.807) is 19.4 Å². The molecule has 0 saturated heterocycles. The van der Waals surface area contributed by atoms with E-state index >= 15 is 0 Å². The van der Waals surface area contributed by atoms with Crippen molar-refractivity contribution < 1.29 is 9.21 Å². The molecule has 0 aliphatic rings. The van der Waals surface area contributed by atoms with E-state index in [0.29, 0.717) is 27.6 Å². The molecule has 0 spiro atoms. The Balaban J connectivity index is 1.94. The number of thiophene rings is 1. The molecule has 3 rings (SSSR count). The molecule has 3 aromatic rings. The summed E-state index contributed by atoms with van der Waals surface area (Å²) in [5, 5.41) is 4.90. The van der Waals surface area contributed by atoms with Crippen LogP contribution in [0.3, 0.4) is 0 Å². The van der Waals surface area contributed by atoms with Crippen LogP contribution in [0.5, 0.6) is 0 Å². The zero-order valence-electron chi connectivity index (χ0n) is 12.6. The lowest BCUT2D eigenvalue weighted by atomic mass is 10.2. The Morgan fingerprint density at radius 3 is 3.09 bits per heavy atom. The van der Waals surface area contributed by atoms with Crippen molar-refractivity contribution in [3.8, 4) is 11.3 Å². The van der Waals surface area contributed by atoms with Crippen molar-refractivity contribution in [1.82, 2.24) is 15.3 Å². The summed E-state index contributed by atoms with van der Waals surface area (Å²) in [7, 11) is 1.60. The van der Waals surface area contributed by atoms with E-state index in [4.69, 9.17) is 4.42 Å². The number of H-pyrrole nitrogens is 1. The van der Waals surface area contributed by atoms with E-state index in [0.717, 1.165) is 5.56 Å². The third kappa shape index (κ3) is 3.18. The fourth-order valence-electron chi connectivity index (χ4n) is 2.12. The van der Waals surface area contributed by atoms with Gasteiger partial charge in [-0.3, -0.25) is 9.59 Å². The first-order valence-electron chi connectivity index (χ1n) is 6.97. The summed E-state index contributed by atoms with van der Waals surface area (Å²) in [5.41, 5.74) is 0.561. The number of nitrogens with zero attached hydrogens (tertiary/aromatic N) is 1. The van der Waals surface area contributed by atoms with Crippen molar-refractivity contribution in [2.45, 2.75) is 12.2 Å². The summed E-state index contributed by atoms with van der Waals surface area (Å²) in [4.78, 5) is 31.8. The van der Waals surface area contributed by atoms with E-state index in [1.165, 1.54) is 23.1 Å². The average molecular weight is 349 g/mol. The number of thioether (sulfide) groups is 1. The average Bonchev–Trinajstić information content (AvgIpc) is 3.20. The number of aromatic amines is 1. The minimum absolute atomic E-state index is 0.0542. The topological polar surface area (TPSA) is 88.0 Å². The van der Waals surface area contributed by atoms with Gasteiger partial charge in [-0.25, -0.2) is 4.98 Å². The van der Waals surface area contributed by atoms with Crippen LogP contribution in [-0.2, 0) is 4.79 Å². The van der Waals surface area contributed by atoms with E-state index in [2.05, 4.69) is 15.3 Å². The Kier molecular flexibility index (Phi) is 4.53. The van der Waals surface area contributed by atoms with Gasteiger partial charge in [-0.05, 0) is 19.1 Å². The summed E-state index contributed by atoms with van der Waals surface area (Å²) in [6.45, 7) is 1.92. The second kappa shape index (κ2) is 6.59. The fourth-order valence-corrected chi connectivity index (χ4v) is 3.87. The predicted molar refractivity (Wildman–Crippen MR) is 92.9 cm³/mol. The van der Waals surface area contributed by atoms with Crippen LogP contribution in [0.4, 0.5) is 0 Å². The van der Waals surface area contributed by atoms with E-state index in [9.17, 15) is 9.59 Å². The van der Waals surface area contributed by atoms with Gasteiger partial charge in [-0.2, -0.15) is 0 Å². The number of rotatable bonds is 5. The smallest absolute Gasteiger partial charge is 0.260 e. The van der Waals surface area contributed by atoms with Crippen LogP contribution in [-0.4, -0.2) is 28.7 Å². The van der Waals surface area contributed by atoms with E-state index in [1.807, 2.05) is 18.4 Å². The van der Waals surface area contributed by atoms with Crippen molar-refractivity contribution in [1.29, 1.82) is 0 Å². The summed E-state index contributed by atoms with van der Waals surface area (Å²) in [5.74, 6) is 1.49. The Bertz CT molecular complexity index is 883. The Morgan fingerprint density at radius 1 is 1.57 bits per heavy atom. The summed E-state index contributed by atoms with van der Waals surface area (Å²) in [6, 6.07) is 3.60. The van der Waals surface area contributed by atoms with Gasteiger partial charge in [-0.15, -0.1) is 23.1 Å². The predicted octanol–water partition coefficient (Wildman–Crippen LogP) is 2.78. The van der Waals surface area contributed by atoms with Gasteiger partial charge in [-0.1, -0.05) is 0 Å². The molecular formula is C15H15N3O3S2. The zero-order chi connectivity index (χ0) is 16.4. The van der Waals surface area contributed by atoms with Crippen molar-refractivity contribution in [2.75, 3.05) is 12.8 Å². The van der Waals surface area contributed by atoms with Gasteiger partial charge in [0.25, 0.3) is 5.56 Å². The first kappa shape index (κ1) is 15.8. The van der Waals surface area contributed by atoms with Crippen molar-refractivity contribution in [2.24, 2.45) is 0 Å². The largest absolute Gasteiger partial charge is 0.464 e. The molecule has 0 radical (unpaired) electrons. The normalized spacial score (nSPS) is 12.4. The van der Waals surface area contributed by atoms with Crippen LogP contribution in [0.25, 0.3) is 21.5 Å². The molecule has 0 saturated carbocycles. The molecule has 8 heteroatoms. The molecule has 0 aliphatic heterocycles. The zero-order valence-corrected chi connectivity index (χ0v) is 14.2. The molecule has 0 bridgehead atoms. The molecule has 0 aliphatic carbocycles. The number of fused-ring (bicyclic) bond motifs is 1. The first-order valence-corrected chi connectivity index (χ1v) is 8.90. The maximum Gasteiger partial charge on any atom is 0.260 e. The summed E-state index contributed by atoms with van der Waals surface area (Å²) >= 11 is 2.83. The Labute approximate surface area is 140 Å². The van der Waals surface area contributed by atoms with Crippen LogP contribution in [0.15, 0.2) is 33.0 Å². The maximum absolute atomic E-state index is 12.5. The van der Waals surface area contributed by atoms with Gasteiger partial charge in [0, 0.05) is 18.0 Å². The number of amides is 1. The minimum Gasteiger partial charge on any atom is -0.464 e. The second-order valence-corrected chi connectivity index (χ2v) is 7.07. The molecule has 1 unspecified atom stereocenters. The summed E-state index contributed by atoms with van der Waals surface area (Å²) in [6.07, 6.45) is 1.58. The number of carbonyl (C=O) groups is 1. The highest BCUT2D eigenvalue weighted by Crippen LogP contribution is 2.32. The molecule has 0 aromatic carbocycles. The van der Waals surface area contributed by atoms with E-state index in [-0.39, 0.29) is 16.7 Å². The minimum atomic E-state index is -0.190. The van der Waals surface area contributed by atoms with Crippen LogP contribution >= 0.6 is 23.1 Å². The van der Waals surface area contributed by atoms with Gasteiger partial charge in [0.2, 0.25) is 5.91 Å². The molecule has 1 atom stereocenters. The Hall–Kier alpha value is -2.06. The van der Waals surface area contributed by atoms with Crippen LogP contribution < -0.4 is 10.9 Å². The molecule has 3 heterocycles. The molecule has 1 amide bonds. The lowest BCUT2D eigenvalue weighted by Gasteiger charge is -2.09. The van der Waals surface area contributed by atoms with Gasteiger partial charge in [0.1, 0.15) is 16.4 Å². The fraction of sp³-hybridized carbons (Fsp3) is 0.267. The lowest BCUT2D eigenvalue weighted by Crippen LogP contribution is -2.20. The SMILES string of the molecule is CNC(=O)CSC(C)c1nc2scc(-c3ccco3)c2c(=O)[nH]1. The van der Waals surface area contributed by atoms with Crippen molar-refractivity contribution in [3.05, 3.63) is 40.0 Å². The van der Waals surface area contributed by atoms with Gasteiger partial charge >= 0.3 is 0 Å². The highest BCUT2D eigenvalue weighted by molar-refractivity contribution is 8.00.